The van der Waals surface area contributed by atoms with Crippen molar-refractivity contribution in [2.45, 2.75) is 43.7 Å². The smallest absolute Gasteiger partial charge is 0.316 e. The first kappa shape index (κ1) is 24.4. The van der Waals surface area contributed by atoms with E-state index in [4.69, 9.17) is 9.47 Å². The van der Waals surface area contributed by atoms with Gasteiger partial charge in [-0.25, -0.2) is 4.39 Å². The number of likely N-dealkylation sites (N-methyl/N-ethyl adjacent to an activating group) is 1. The zero-order valence-corrected chi connectivity index (χ0v) is 17.2. The standard InChI is InChI=1S/C18H22F5N3O3.ClH/c1-26-5-3-4-13(26)14(27)24-8-10-6-12(19)16(25-15(10)28-2)29-9-11-7-17(20,21)18(11,22)23;/h6,11,13H,3-5,7-9H2,1-2H3,(H,24,27);1H/t11?,13-;/m0./s1. The number of nitrogens with zero attached hydrogens (tertiary/aromatic N) is 2. The highest BCUT2D eigenvalue weighted by molar-refractivity contribution is 5.85. The lowest BCUT2D eigenvalue weighted by molar-refractivity contribution is -0.317. The van der Waals surface area contributed by atoms with E-state index in [1.165, 1.54) is 7.11 Å². The number of hydrogen-bond acceptors (Lipinski definition) is 5. The van der Waals surface area contributed by atoms with E-state index >= 15 is 0 Å². The molecule has 12 heteroatoms. The molecule has 0 bridgehead atoms. The maximum Gasteiger partial charge on any atom is 0.316 e. The van der Waals surface area contributed by atoms with Crippen molar-refractivity contribution in [2.75, 3.05) is 27.3 Å². The number of halogens is 6. The number of rotatable bonds is 7. The fourth-order valence-electron chi connectivity index (χ4n) is 3.52. The minimum Gasteiger partial charge on any atom is -0.481 e. The van der Waals surface area contributed by atoms with Gasteiger partial charge in [-0.1, -0.05) is 0 Å². The molecule has 1 aromatic heterocycles. The molecule has 2 fully saturated rings. The molecule has 0 radical (unpaired) electrons. The molecule has 170 valence electrons. The van der Waals surface area contributed by atoms with E-state index in [-0.39, 0.29) is 42.3 Å². The monoisotopic (exact) mass is 459 g/mol. The summed E-state index contributed by atoms with van der Waals surface area (Å²) in [6.07, 6.45) is 0.592. The molecule has 1 unspecified atom stereocenters. The second-order valence-corrected chi connectivity index (χ2v) is 7.34. The van der Waals surface area contributed by atoms with E-state index in [0.29, 0.717) is 0 Å². The van der Waals surface area contributed by atoms with Crippen molar-refractivity contribution < 1.29 is 36.2 Å². The van der Waals surface area contributed by atoms with Crippen molar-refractivity contribution in [2.24, 2.45) is 5.92 Å². The van der Waals surface area contributed by atoms with Crippen LogP contribution in [0.5, 0.6) is 11.8 Å². The molecular formula is C18H23ClF5N3O3. The minimum atomic E-state index is -4.20. The van der Waals surface area contributed by atoms with E-state index in [1.807, 2.05) is 11.9 Å². The van der Waals surface area contributed by atoms with Gasteiger partial charge in [-0.05, 0) is 32.5 Å². The van der Waals surface area contributed by atoms with Crippen molar-refractivity contribution in [3.8, 4) is 11.8 Å². The van der Waals surface area contributed by atoms with E-state index in [1.54, 1.807) is 0 Å². The summed E-state index contributed by atoms with van der Waals surface area (Å²) in [4.78, 5) is 17.9. The number of alkyl halides is 4. The summed E-state index contributed by atoms with van der Waals surface area (Å²) >= 11 is 0. The Labute approximate surface area is 176 Å². The molecule has 0 aromatic carbocycles. The molecule has 1 saturated heterocycles. The number of carbonyl (C=O) groups excluding carboxylic acids is 1. The molecule has 0 spiro atoms. The first-order valence-electron chi connectivity index (χ1n) is 9.16. The SMILES string of the molecule is COc1nc(OCC2CC(F)(F)C2(F)F)c(F)cc1CNC(=O)[C@@H]1CCCN1C.Cl. The molecule has 30 heavy (non-hydrogen) atoms. The van der Waals surface area contributed by atoms with Gasteiger partial charge in [0, 0.05) is 18.5 Å². The molecule has 1 amide bonds. The van der Waals surface area contributed by atoms with Crippen molar-refractivity contribution in [3.05, 3.63) is 17.4 Å². The van der Waals surface area contributed by atoms with Crippen LogP contribution in [0.1, 0.15) is 24.8 Å². The number of amides is 1. The zero-order valence-electron chi connectivity index (χ0n) is 16.4. The number of nitrogens with one attached hydrogen (secondary N) is 1. The summed E-state index contributed by atoms with van der Waals surface area (Å²) in [5.41, 5.74) is 0.229. The summed E-state index contributed by atoms with van der Waals surface area (Å²) in [7, 11) is 3.10. The van der Waals surface area contributed by atoms with Crippen LogP contribution in [0.3, 0.4) is 0 Å². The zero-order chi connectivity index (χ0) is 21.4. The van der Waals surface area contributed by atoms with Gasteiger partial charge in [-0.3, -0.25) is 9.69 Å². The lowest BCUT2D eigenvalue weighted by Gasteiger charge is -2.43. The minimum absolute atomic E-state index is 0. The van der Waals surface area contributed by atoms with E-state index in [9.17, 15) is 26.7 Å². The number of hydrogen-bond donors (Lipinski definition) is 1. The molecule has 1 aliphatic heterocycles. The van der Waals surface area contributed by atoms with Crippen LogP contribution in [-0.2, 0) is 11.3 Å². The maximum atomic E-state index is 14.3. The lowest BCUT2D eigenvalue weighted by atomic mass is 9.77. The predicted octanol–water partition coefficient (Wildman–Crippen LogP) is 3.03. The highest BCUT2D eigenvalue weighted by Gasteiger charge is 2.71. The van der Waals surface area contributed by atoms with Gasteiger partial charge in [0.1, 0.15) is 0 Å². The Morgan fingerprint density at radius 3 is 2.57 bits per heavy atom. The number of ether oxygens (including phenoxy) is 2. The molecule has 1 aliphatic carbocycles. The normalized spacial score (nSPS) is 24.5. The second-order valence-electron chi connectivity index (χ2n) is 7.34. The van der Waals surface area contributed by atoms with Crippen LogP contribution in [0.2, 0.25) is 0 Å². The summed E-state index contributed by atoms with van der Waals surface area (Å²) in [6, 6.07) is 0.747. The number of likely N-dealkylation sites (tertiary alicyclic amines) is 1. The van der Waals surface area contributed by atoms with Crippen LogP contribution in [-0.4, -0.2) is 61.0 Å². The van der Waals surface area contributed by atoms with Gasteiger partial charge in [-0.15, -0.1) is 12.4 Å². The quantitative estimate of drug-likeness (QED) is 0.635. The number of aromatic nitrogens is 1. The average molecular weight is 460 g/mol. The summed E-state index contributed by atoms with van der Waals surface area (Å²) in [5, 5.41) is 2.69. The van der Waals surface area contributed by atoms with Crippen LogP contribution in [0.15, 0.2) is 6.07 Å². The lowest BCUT2D eigenvalue weighted by Crippen LogP contribution is -2.60. The van der Waals surface area contributed by atoms with Gasteiger partial charge >= 0.3 is 11.8 Å². The Morgan fingerprint density at radius 2 is 2.03 bits per heavy atom. The molecule has 2 aliphatic rings. The summed E-state index contributed by atoms with van der Waals surface area (Å²) < 4.78 is 76.6. The van der Waals surface area contributed by atoms with Crippen molar-refractivity contribution in [3.63, 3.8) is 0 Å². The average Bonchev–Trinajstić information content (AvgIpc) is 3.09. The third kappa shape index (κ3) is 4.56. The van der Waals surface area contributed by atoms with Crippen LogP contribution >= 0.6 is 12.4 Å². The van der Waals surface area contributed by atoms with Crippen molar-refractivity contribution in [1.82, 2.24) is 15.2 Å². The molecule has 2 atom stereocenters. The Hall–Kier alpha value is -1.88. The topological polar surface area (TPSA) is 63.7 Å². The Kier molecular flexibility index (Phi) is 7.39. The van der Waals surface area contributed by atoms with Crippen molar-refractivity contribution in [1.29, 1.82) is 0 Å². The summed E-state index contributed by atoms with van der Waals surface area (Å²) in [6.45, 7) is -0.0428. The molecule has 2 heterocycles. The highest BCUT2D eigenvalue weighted by Crippen LogP contribution is 2.55. The van der Waals surface area contributed by atoms with Gasteiger partial charge < -0.3 is 14.8 Å². The van der Waals surface area contributed by atoms with E-state index in [0.717, 1.165) is 25.5 Å². The van der Waals surface area contributed by atoms with Gasteiger partial charge in [0.15, 0.2) is 5.82 Å². The number of carbonyl (C=O) groups is 1. The van der Waals surface area contributed by atoms with Crippen molar-refractivity contribution >= 4 is 18.3 Å². The summed E-state index contributed by atoms with van der Waals surface area (Å²) in [5.74, 6) is -11.9. The van der Waals surface area contributed by atoms with Crippen LogP contribution in [0.4, 0.5) is 22.0 Å². The van der Waals surface area contributed by atoms with Crippen LogP contribution < -0.4 is 14.8 Å². The number of pyridine rings is 1. The Morgan fingerprint density at radius 1 is 1.33 bits per heavy atom. The molecule has 1 saturated carbocycles. The third-order valence-corrected chi connectivity index (χ3v) is 5.38. The van der Waals surface area contributed by atoms with Gasteiger partial charge in [-0.2, -0.15) is 22.5 Å². The third-order valence-electron chi connectivity index (χ3n) is 5.38. The largest absolute Gasteiger partial charge is 0.481 e. The molecule has 1 N–H and O–H groups in total. The van der Waals surface area contributed by atoms with E-state index < -0.39 is 42.5 Å². The van der Waals surface area contributed by atoms with Gasteiger partial charge in [0.25, 0.3) is 5.88 Å². The van der Waals surface area contributed by atoms with E-state index in [2.05, 4.69) is 10.3 Å². The fourth-order valence-corrected chi connectivity index (χ4v) is 3.52. The molecule has 3 rings (SSSR count). The Bertz CT molecular complexity index is 784. The first-order valence-corrected chi connectivity index (χ1v) is 9.16. The fraction of sp³-hybridized carbons (Fsp3) is 0.667. The number of methoxy groups -OCH3 is 1. The van der Waals surface area contributed by atoms with Gasteiger partial charge in [0.2, 0.25) is 11.8 Å². The maximum absolute atomic E-state index is 14.3. The molecule has 1 aromatic rings. The Balaban J connectivity index is 0.00000320. The first-order chi connectivity index (χ1) is 13.6. The predicted molar refractivity (Wildman–Crippen MR) is 99.0 cm³/mol. The van der Waals surface area contributed by atoms with Crippen LogP contribution in [0.25, 0.3) is 0 Å². The molecular weight excluding hydrogens is 437 g/mol. The highest BCUT2D eigenvalue weighted by atomic mass is 35.5. The van der Waals surface area contributed by atoms with Crippen LogP contribution in [0, 0.1) is 11.7 Å². The van der Waals surface area contributed by atoms with Gasteiger partial charge in [0.05, 0.1) is 25.7 Å². The second kappa shape index (κ2) is 9.09. The molecule has 6 nitrogen and oxygen atoms in total.